The molecule has 0 aromatic carbocycles. The van der Waals surface area contributed by atoms with Crippen LogP contribution in [0.2, 0.25) is 0 Å². The van der Waals surface area contributed by atoms with E-state index in [2.05, 4.69) is 5.32 Å². The minimum Gasteiger partial charge on any atom is -0.329 e. The maximum atomic E-state index is 12.1. The highest BCUT2D eigenvalue weighted by Gasteiger charge is 2.38. The second-order valence-electron chi connectivity index (χ2n) is 3.33. The van der Waals surface area contributed by atoms with Crippen LogP contribution in [0.1, 0.15) is 13.8 Å². The van der Waals surface area contributed by atoms with Crippen molar-refractivity contribution in [1.29, 1.82) is 0 Å². The monoisotopic (exact) mass is 212 g/mol. The number of halogens is 3. The van der Waals surface area contributed by atoms with Gasteiger partial charge in [-0.05, 0) is 0 Å². The van der Waals surface area contributed by atoms with E-state index in [0.29, 0.717) is 0 Å². The SMILES string of the molecule is CC(C)C(=O)CNC(CN)C(F)(F)F. The zero-order valence-corrected chi connectivity index (χ0v) is 8.19. The van der Waals surface area contributed by atoms with Gasteiger partial charge in [0.2, 0.25) is 0 Å². The summed E-state index contributed by atoms with van der Waals surface area (Å²) >= 11 is 0. The molecular weight excluding hydrogens is 197 g/mol. The van der Waals surface area contributed by atoms with E-state index in [1.54, 1.807) is 13.8 Å². The standard InChI is InChI=1S/C8H15F3N2O/c1-5(2)6(14)4-13-7(3-12)8(9,10)11/h5,7,13H,3-4,12H2,1-2H3. The van der Waals surface area contributed by atoms with E-state index in [1.807, 2.05) is 0 Å². The summed E-state index contributed by atoms with van der Waals surface area (Å²) < 4.78 is 36.4. The Hall–Kier alpha value is -0.620. The third-order valence-corrected chi connectivity index (χ3v) is 1.80. The number of hydrogen-bond acceptors (Lipinski definition) is 3. The van der Waals surface area contributed by atoms with E-state index in [9.17, 15) is 18.0 Å². The van der Waals surface area contributed by atoms with Gasteiger partial charge in [0, 0.05) is 12.5 Å². The smallest absolute Gasteiger partial charge is 0.329 e. The lowest BCUT2D eigenvalue weighted by Gasteiger charge is -2.19. The number of Topliss-reactive ketones (excluding diaryl/α,β-unsaturated/α-hetero) is 1. The van der Waals surface area contributed by atoms with Crippen LogP contribution in [0.3, 0.4) is 0 Å². The maximum Gasteiger partial charge on any atom is 0.405 e. The third kappa shape index (κ3) is 4.57. The van der Waals surface area contributed by atoms with Crippen molar-refractivity contribution in [2.75, 3.05) is 13.1 Å². The summed E-state index contributed by atoms with van der Waals surface area (Å²) in [5.74, 6) is -0.526. The van der Waals surface area contributed by atoms with Crippen molar-refractivity contribution >= 4 is 5.78 Å². The predicted octanol–water partition coefficient (Wildman–Crippen LogP) is 0.691. The van der Waals surface area contributed by atoms with E-state index in [0.717, 1.165) is 0 Å². The van der Waals surface area contributed by atoms with Gasteiger partial charge in [0.15, 0.2) is 0 Å². The molecular formula is C8H15F3N2O. The minimum atomic E-state index is -4.40. The summed E-state index contributed by atoms with van der Waals surface area (Å²) in [5, 5.41) is 2.09. The van der Waals surface area contributed by atoms with Crippen LogP contribution in [0.5, 0.6) is 0 Å². The summed E-state index contributed by atoms with van der Waals surface area (Å²) in [7, 11) is 0. The Morgan fingerprint density at radius 3 is 2.21 bits per heavy atom. The number of nitrogens with one attached hydrogen (secondary N) is 1. The fourth-order valence-corrected chi connectivity index (χ4v) is 0.761. The van der Waals surface area contributed by atoms with E-state index in [1.165, 1.54) is 0 Å². The summed E-state index contributed by atoms with van der Waals surface area (Å²) in [6.45, 7) is 2.41. The number of hydrogen-bond donors (Lipinski definition) is 2. The summed E-state index contributed by atoms with van der Waals surface area (Å²) in [6.07, 6.45) is -4.40. The first-order valence-electron chi connectivity index (χ1n) is 4.32. The molecule has 0 aliphatic rings. The normalized spacial score (nSPS) is 14.5. The van der Waals surface area contributed by atoms with Crippen molar-refractivity contribution in [3.8, 4) is 0 Å². The lowest BCUT2D eigenvalue weighted by Crippen LogP contribution is -2.49. The van der Waals surface area contributed by atoms with Crippen molar-refractivity contribution in [1.82, 2.24) is 5.32 Å². The first kappa shape index (κ1) is 13.4. The molecule has 0 aromatic heterocycles. The third-order valence-electron chi connectivity index (χ3n) is 1.80. The molecule has 0 aliphatic carbocycles. The van der Waals surface area contributed by atoms with Crippen molar-refractivity contribution in [3.63, 3.8) is 0 Å². The first-order valence-corrected chi connectivity index (χ1v) is 4.32. The molecule has 0 saturated carbocycles. The quantitative estimate of drug-likeness (QED) is 0.705. The van der Waals surface area contributed by atoms with Crippen molar-refractivity contribution in [2.45, 2.75) is 26.1 Å². The fourth-order valence-electron chi connectivity index (χ4n) is 0.761. The molecule has 0 bridgehead atoms. The lowest BCUT2D eigenvalue weighted by molar-refractivity contribution is -0.154. The Morgan fingerprint density at radius 1 is 1.43 bits per heavy atom. The largest absolute Gasteiger partial charge is 0.405 e. The molecule has 3 N–H and O–H groups in total. The van der Waals surface area contributed by atoms with Gasteiger partial charge in [0.05, 0.1) is 6.54 Å². The molecule has 0 rings (SSSR count). The second kappa shape index (κ2) is 5.31. The molecule has 0 radical (unpaired) electrons. The van der Waals surface area contributed by atoms with Gasteiger partial charge >= 0.3 is 6.18 Å². The molecule has 0 saturated heterocycles. The Kier molecular flexibility index (Phi) is 5.07. The van der Waals surface area contributed by atoms with Crippen LogP contribution in [0.25, 0.3) is 0 Å². The number of carbonyl (C=O) groups is 1. The van der Waals surface area contributed by atoms with Gasteiger partial charge in [-0.2, -0.15) is 13.2 Å². The van der Waals surface area contributed by atoms with Gasteiger partial charge in [-0.15, -0.1) is 0 Å². The van der Waals surface area contributed by atoms with E-state index < -0.39 is 18.8 Å². The van der Waals surface area contributed by atoms with Gasteiger partial charge in [-0.25, -0.2) is 0 Å². The first-order chi connectivity index (χ1) is 6.29. The molecule has 0 fully saturated rings. The van der Waals surface area contributed by atoms with Crippen LogP contribution in [0.15, 0.2) is 0 Å². The summed E-state index contributed by atoms with van der Waals surface area (Å²) in [5.41, 5.74) is 4.93. The number of carbonyl (C=O) groups excluding carboxylic acids is 1. The molecule has 0 aliphatic heterocycles. The molecule has 0 spiro atoms. The average molecular weight is 212 g/mol. The predicted molar refractivity (Wildman–Crippen MR) is 46.7 cm³/mol. The molecule has 3 nitrogen and oxygen atoms in total. The van der Waals surface area contributed by atoms with E-state index in [-0.39, 0.29) is 18.2 Å². The molecule has 6 heteroatoms. The highest BCUT2D eigenvalue weighted by molar-refractivity contribution is 5.82. The molecule has 0 heterocycles. The molecule has 84 valence electrons. The Labute approximate surface area is 80.8 Å². The van der Waals surface area contributed by atoms with Crippen LogP contribution in [0.4, 0.5) is 13.2 Å². The zero-order valence-electron chi connectivity index (χ0n) is 8.19. The molecule has 1 atom stereocenters. The van der Waals surface area contributed by atoms with Gasteiger partial charge in [0.1, 0.15) is 11.8 Å². The van der Waals surface area contributed by atoms with Crippen molar-refractivity contribution in [3.05, 3.63) is 0 Å². The van der Waals surface area contributed by atoms with Crippen LogP contribution in [-0.4, -0.2) is 31.1 Å². The van der Waals surface area contributed by atoms with Crippen molar-refractivity contribution < 1.29 is 18.0 Å². The zero-order chi connectivity index (χ0) is 11.4. The van der Waals surface area contributed by atoms with Gasteiger partial charge in [0.25, 0.3) is 0 Å². The lowest BCUT2D eigenvalue weighted by atomic mass is 10.1. The number of ketones is 1. The average Bonchev–Trinajstić information content (AvgIpc) is 2.02. The van der Waals surface area contributed by atoms with Gasteiger partial charge < -0.3 is 5.73 Å². The highest BCUT2D eigenvalue weighted by atomic mass is 19.4. The fraction of sp³-hybridized carbons (Fsp3) is 0.875. The van der Waals surface area contributed by atoms with Gasteiger partial charge in [-0.1, -0.05) is 13.8 Å². The Balaban J connectivity index is 4.04. The second-order valence-corrected chi connectivity index (χ2v) is 3.33. The number of rotatable bonds is 5. The molecule has 14 heavy (non-hydrogen) atoms. The van der Waals surface area contributed by atoms with E-state index >= 15 is 0 Å². The maximum absolute atomic E-state index is 12.1. The number of nitrogens with two attached hydrogens (primary N) is 1. The topological polar surface area (TPSA) is 55.1 Å². The van der Waals surface area contributed by atoms with Crippen LogP contribution in [-0.2, 0) is 4.79 Å². The molecule has 0 amide bonds. The molecule has 0 aromatic rings. The van der Waals surface area contributed by atoms with Crippen LogP contribution < -0.4 is 11.1 Å². The number of alkyl halides is 3. The van der Waals surface area contributed by atoms with Crippen molar-refractivity contribution in [2.24, 2.45) is 11.7 Å². The molecule has 1 unspecified atom stereocenters. The van der Waals surface area contributed by atoms with E-state index in [4.69, 9.17) is 5.73 Å². The van der Waals surface area contributed by atoms with Gasteiger partial charge in [-0.3, -0.25) is 10.1 Å². The van der Waals surface area contributed by atoms with Crippen LogP contribution >= 0.6 is 0 Å². The van der Waals surface area contributed by atoms with Crippen LogP contribution in [0, 0.1) is 5.92 Å². The Bertz CT molecular complexity index is 192. The Morgan fingerprint density at radius 2 is 1.93 bits per heavy atom. The summed E-state index contributed by atoms with van der Waals surface area (Å²) in [4.78, 5) is 11.0. The minimum absolute atomic E-state index is 0.257. The highest BCUT2D eigenvalue weighted by Crippen LogP contribution is 2.19. The summed E-state index contributed by atoms with van der Waals surface area (Å²) in [6, 6.07) is -1.80.